The van der Waals surface area contributed by atoms with Gasteiger partial charge in [-0.3, -0.25) is 9.78 Å². The van der Waals surface area contributed by atoms with Crippen LogP contribution in [0, 0.1) is 0 Å². The maximum absolute atomic E-state index is 12.4. The summed E-state index contributed by atoms with van der Waals surface area (Å²) in [5, 5.41) is 8.97. The normalized spacial score (nSPS) is 20.6. The van der Waals surface area contributed by atoms with Crippen molar-refractivity contribution in [2.75, 3.05) is 6.54 Å². The van der Waals surface area contributed by atoms with Gasteiger partial charge in [0.1, 0.15) is 16.6 Å². The number of aliphatic carboxylic acids is 1. The molecule has 1 saturated heterocycles. The molecule has 0 bridgehead atoms. The molecule has 0 saturated carbocycles. The molecular weight excluding hydrogens is 313 g/mol. The van der Waals surface area contributed by atoms with E-state index in [1.165, 1.54) is 0 Å². The number of carboxylic acid groups (broad SMARTS) is 1. The molecule has 0 unspecified atom stereocenters. The van der Waals surface area contributed by atoms with Crippen molar-refractivity contribution in [1.29, 1.82) is 0 Å². The van der Waals surface area contributed by atoms with Gasteiger partial charge in [-0.15, -0.1) is 0 Å². The number of aromatic nitrogens is 1. The van der Waals surface area contributed by atoms with Crippen LogP contribution in [-0.2, 0) is 21.0 Å². The Hall–Kier alpha value is -1.68. The lowest BCUT2D eigenvalue weighted by molar-refractivity contribution is -0.141. The number of hydrogen-bond acceptors (Lipinski definition) is 4. The number of carboxylic acids is 1. The van der Waals surface area contributed by atoms with Crippen LogP contribution in [0.2, 0.25) is 0 Å². The molecule has 0 radical (unpaired) electrons. The van der Waals surface area contributed by atoms with Crippen LogP contribution in [0.3, 0.4) is 0 Å². The molecule has 116 valence electrons. The van der Waals surface area contributed by atoms with Crippen molar-refractivity contribution in [3.05, 3.63) is 24.0 Å². The lowest BCUT2D eigenvalue weighted by Crippen LogP contribution is -2.40. The number of sulfonamides is 1. The summed E-state index contributed by atoms with van der Waals surface area (Å²) in [4.78, 5) is 13.6. The van der Waals surface area contributed by atoms with Gasteiger partial charge in [-0.2, -0.15) is 17.5 Å². The van der Waals surface area contributed by atoms with Crippen LogP contribution < -0.4 is 0 Å². The standard InChI is InChI=1S/C11H11F3N2O4S/c12-11(13,14)9-4-3-7(6-15-9)21(19,20)16-5-1-2-8(16)10(17)18/h3-4,6,8H,1-2,5H2,(H,17,18)/t8-/m1/s1. The fourth-order valence-electron chi connectivity index (χ4n) is 2.11. The molecule has 0 spiro atoms. The van der Waals surface area contributed by atoms with E-state index in [9.17, 15) is 26.4 Å². The summed E-state index contributed by atoms with van der Waals surface area (Å²) in [5.41, 5.74) is -1.21. The smallest absolute Gasteiger partial charge is 0.433 e. The van der Waals surface area contributed by atoms with E-state index in [-0.39, 0.29) is 13.0 Å². The highest BCUT2D eigenvalue weighted by Crippen LogP contribution is 2.30. The second kappa shape index (κ2) is 5.26. The van der Waals surface area contributed by atoms with Crippen molar-refractivity contribution < 1.29 is 31.5 Å². The van der Waals surface area contributed by atoms with Crippen LogP contribution in [0.1, 0.15) is 18.5 Å². The molecular formula is C11H11F3N2O4S. The third-order valence-electron chi connectivity index (χ3n) is 3.12. The highest BCUT2D eigenvalue weighted by molar-refractivity contribution is 7.89. The summed E-state index contributed by atoms with van der Waals surface area (Å²) < 4.78 is 62.4. The maximum Gasteiger partial charge on any atom is 0.433 e. The Morgan fingerprint density at radius 1 is 1.38 bits per heavy atom. The van der Waals surface area contributed by atoms with Gasteiger partial charge < -0.3 is 5.11 Å². The first kappa shape index (κ1) is 15.7. The van der Waals surface area contributed by atoms with Gasteiger partial charge in [0.05, 0.1) is 0 Å². The Bertz CT molecular complexity index is 642. The molecule has 1 aromatic heterocycles. The van der Waals surface area contributed by atoms with Gasteiger partial charge in [-0.05, 0) is 25.0 Å². The molecule has 2 rings (SSSR count). The molecule has 1 N–H and O–H groups in total. The van der Waals surface area contributed by atoms with Crippen LogP contribution >= 0.6 is 0 Å². The predicted octanol–water partition coefficient (Wildman–Crippen LogP) is 1.34. The molecule has 10 heteroatoms. The molecule has 1 atom stereocenters. The predicted molar refractivity (Wildman–Crippen MR) is 63.8 cm³/mol. The van der Waals surface area contributed by atoms with Crippen LogP contribution in [0.4, 0.5) is 13.2 Å². The molecule has 0 aromatic carbocycles. The summed E-state index contributed by atoms with van der Waals surface area (Å²) in [6, 6.07) is 0.137. The van der Waals surface area contributed by atoms with E-state index in [1.807, 2.05) is 0 Å². The summed E-state index contributed by atoms with van der Waals surface area (Å²) in [6.45, 7) is 0.0142. The van der Waals surface area contributed by atoms with Gasteiger partial charge in [0.2, 0.25) is 10.0 Å². The monoisotopic (exact) mass is 324 g/mol. The summed E-state index contributed by atoms with van der Waals surface area (Å²) in [7, 11) is -4.17. The quantitative estimate of drug-likeness (QED) is 0.906. The summed E-state index contributed by atoms with van der Waals surface area (Å²) in [6.07, 6.45) is -3.53. The van der Waals surface area contributed by atoms with Crippen LogP contribution in [-0.4, -0.2) is 41.4 Å². The molecule has 0 amide bonds. The minimum Gasteiger partial charge on any atom is -0.480 e. The van der Waals surface area contributed by atoms with Crippen molar-refractivity contribution >= 4 is 16.0 Å². The molecule has 1 aliphatic rings. The average Bonchev–Trinajstić information content (AvgIpc) is 2.88. The zero-order valence-corrected chi connectivity index (χ0v) is 11.4. The molecule has 2 heterocycles. The molecule has 0 aliphatic carbocycles. The Morgan fingerprint density at radius 3 is 2.52 bits per heavy atom. The Balaban J connectivity index is 2.34. The van der Waals surface area contributed by atoms with E-state index in [4.69, 9.17) is 5.11 Å². The number of pyridine rings is 1. The van der Waals surface area contributed by atoms with Crippen LogP contribution in [0.15, 0.2) is 23.2 Å². The van der Waals surface area contributed by atoms with Crippen molar-refractivity contribution in [3.63, 3.8) is 0 Å². The number of rotatable bonds is 3. The average molecular weight is 324 g/mol. The minimum absolute atomic E-state index is 0.0142. The van der Waals surface area contributed by atoms with Gasteiger partial charge in [-0.25, -0.2) is 8.42 Å². The number of halogens is 3. The molecule has 1 fully saturated rings. The Morgan fingerprint density at radius 2 is 2.05 bits per heavy atom. The number of carbonyl (C=O) groups is 1. The lowest BCUT2D eigenvalue weighted by Gasteiger charge is -2.20. The van der Waals surface area contributed by atoms with Gasteiger partial charge in [0.25, 0.3) is 0 Å². The highest BCUT2D eigenvalue weighted by atomic mass is 32.2. The van der Waals surface area contributed by atoms with Crippen LogP contribution in [0.25, 0.3) is 0 Å². The minimum atomic E-state index is -4.67. The zero-order valence-electron chi connectivity index (χ0n) is 10.5. The number of nitrogens with zero attached hydrogens (tertiary/aromatic N) is 2. The molecule has 1 aliphatic heterocycles. The van der Waals surface area contributed by atoms with E-state index in [0.29, 0.717) is 18.7 Å². The van der Waals surface area contributed by atoms with E-state index in [1.54, 1.807) is 0 Å². The lowest BCUT2D eigenvalue weighted by atomic mass is 10.2. The SMILES string of the molecule is O=C(O)[C@H]1CCCN1S(=O)(=O)c1ccc(C(F)(F)F)nc1. The Labute approximate surface area is 118 Å². The van der Waals surface area contributed by atoms with E-state index >= 15 is 0 Å². The molecule has 1 aromatic rings. The molecule has 21 heavy (non-hydrogen) atoms. The number of hydrogen-bond donors (Lipinski definition) is 1. The van der Waals surface area contributed by atoms with E-state index in [0.717, 1.165) is 10.4 Å². The number of alkyl halides is 3. The fourth-order valence-corrected chi connectivity index (χ4v) is 3.71. The van der Waals surface area contributed by atoms with Gasteiger partial charge in [0.15, 0.2) is 0 Å². The Kier molecular flexibility index (Phi) is 3.93. The fraction of sp³-hybridized carbons (Fsp3) is 0.455. The van der Waals surface area contributed by atoms with Gasteiger partial charge in [-0.1, -0.05) is 0 Å². The second-order valence-electron chi connectivity index (χ2n) is 4.49. The third-order valence-corrected chi connectivity index (χ3v) is 5.01. The maximum atomic E-state index is 12.4. The first-order valence-electron chi connectivity index (χ1n) is 5.92. The highest BCUT2D eigenvalue weighted by Gasteiger charge is 2.40. The van der Waals surface area contributed by atoms with Crippen LogP contribution in [0.5, 0.6) is 0 Å². The first-order chi connectivity index (χ1) is 9.64. The second-order valence-corrected chi connectivity index (χ2v) is 6.38. The van der Waals surface area contributed by atoms with Crippen molar-refractivity contribution in [1.82, 2.24) is 9.29 Å². The van der Waals surface area contributed by atoms with Gasteiger partial charge >= 0.3 is 12.1 Å². The third kappa shape index (κ3) is 3.00. The first-order valence-corrected chi connectivity index (χ1v) is 7.36. The summed E-state index contributed by atoms with van der Waals surface area (Å²) in [5.74, 6) is -1.28. The zero-order chi connectivity index (χ0) is 15.8. The van der Waals surface area contributed by atoms with E-state index < -0.39 is 38.8 Å². The summed E-state index contributed by atoms with van der Waals surface area (Å²) >= 11 is 0. The van der Waals surface area contributed by atoms with E-state index in [2.05, 4.69) is 4.98 Å². The van der Waals surface area contributed by atoms with Crippen molar-refractivity contribution in [2.24, 2.45) is 0 Å². The molecule has 6 nitrogen and oxygen atoms in total. The van der Waals surface area contributed by atoms with Gasteiger partial charge in [0, 0.05) is 12.7 Å². The largest absolute Gasteiger partial charge is 0.480 e. The van der Waals surface area contributed by atoms with Crippen molar-refractivity contribution in [3.8, 4) is 0 Å². The van der Waals surface area contributed by atoms with Crippen molar-refractivity contribution in [2.45, 2.75) is 30.0 Å². The topological polar surface area (TPSA) is 87.6 Å².